The fourth-order valence-corrected chi connectivity index (χ4v) is 3.70. The molecule has 3 aromatic rings. The Morgan fingerprint density at radius 1 is 1.04 bits per heavy atom. The quantitative estimate of drug-likeness (QED) is 0.671. The van der Waals surface area contributed by atoms with Gasteiger partial charge in [-0.2, -0.15) is 0 Å². The first-order chi connectivity index (χ1) is 12.6. The third kappa shape index (κ3) is 3.30. The van der Waals surface area contributed by atoms with Crippen LogP contribution in [-0.4, -0.2) is 10.5 Å². The van der Waals surface area contributed by atoms with Crippen LogP contribution in [0.15, 0.2) is 60.7 Å². The molecular weight excluding hydrogens is 320 g/mol. The van der Waals surface area contributed by atoms with Crippen LogP contribution in [0.3, 0.4) is 0 Å². The van der Waals surface area contributed by atoms with E-state index in [0.29, 0.717) is 6.04 Å². The van der Waals surface area contributed by atoms with Crippen LogP contribution in [0.2, 0.25) is 0 Å². The van der Waals surface area contributed by atoms with E-state index in [1.165, 1.54) is 24.1 Å². The molecule has 1 saturated carbocycles. The molecule has 1 fully saturated rings. The number of hydrogen-bond acceptors (Lipinski definition) is 1. The smallest absolute Gasteiger partial charge is 0.257 e. The minimum atomic E-state index is -0.0227. The Hall–Kier alpha value is -2.81. The molecule has 1 heterocycles. The lowest BCUT2D eigenvalue weighted by molar-refractivity contribution is 0.102. The molecule has 1 N–H and O–H groups in total. The van der Waals surface area contributed by atoms with Crippen LogP contribution in [0.25, 0.3) is 0 Å². The first-order valence-corrected chi connectivity index (χ1v) is 9.25. The Kier molecular flexibility index (Phi) is 4.37. The zero-order chi connectivity index (χ0) is 18.1. The number of aromatic nitrogens is 1. The number of aryl methyl sites for hydroxylation is 1. The maximum absolute atomic E-state index is 12.9. The molecule has 132 valence electrons. The summed E-state index contributed by atoms with van der Waals surface area (Å²) in [6.07, 6.45) is 3.24. The van der Waals surface area contributed by atoms with Gasteiger partial charge in [0, 0.05) is 23.1 Å². The van der Waals surface area contributed by atoms with Crippen LogP contribution < -0.4 is 5.32 Å². The van der Waals surface area contributed by atoms with E-state index in [1.54, 1.807) is 0 Å². The molecule has 1 aliphatic carbocycles. The van der Waals surface area contributed by atoms with Crippen LogP contribution in [0.1, 0.15) is 51.8 Å². The van der Waals surface area contributed by atoms with Crippen molar-refractivity contribution in [2.75, 3.05) is 5.32 Å². The Balaban J connectivity index is 1.58. The molecule has 0 unspecified atom stereocenters. The van der Waals surface area contributed by atoms with Crippen molar-refractivity contribution in [3.8, 4) is 0 Å². The Morgan fingerprint density at radius 3 is 2.46 bits per heavy atom. The van der Waals surface area contributed by atoms with Gasteiger partial charge < -0.3 is 9.88 Å². The van der Waals surface area contributed by atoms with Gasteiger partial charge in [-0.05, 0) is 56.4 Å². The molecule has 0 bridgehead atoms. The molecule has 0 atom stereocenters. The predicted molar refractivity (Wildman–Crippen MR) is 106 cm³/mol. The summed E-state index contributed by atoms with van der Waals surface area (Å²) in [4.78, 5) is 12.9. The fraction of sp³-hybridized carbons (Fsp3) is 0.261. The Morgan fingerprint density at radius 2 is 1.73 bits per heavy atom. The van der Waals surface area contributed by atoms with Gasteiger partial charge in [0.2, 0.25) is 0 Å². The number of para-hydroxylation sites is 1. The third-order valence-corrected chi connectivity index (χ3v) is 5.14. The summed E-state index contributed by atoms with van der Waals surface area (Å²) in [7, 11) is 0. The summed E-state index contributed by atoms with van der Waals surface area (Å²) >= 11 is 0. The molecule has 1 aliphatic rings. The van der Waals surface area contributed by atoms with Crippen molar-refractivity contribution in [3.63, 3.8) is 0 Å². The first-order valence-electron chi connectivity index (χ1n) is 9.25. The molecule has 3 heteroatoms. The highest BCUT2D eigenvalue weighted by Gasteiger charge is 2.28. The van der Waals surface area contributed by atoms with E-state index in [0.717, 1.165) is 28.9 Å². The summed E-state index contributed by atoms with van der Waals surface area (Å²) in [6.45, 7) is 4.14. The SMILES string of the molecule is Cc1cc(C(=O)Nc2ccccc2Cc2ccccc2)c(C)n1C1CC1. The van der Waals surface area contributed by atoms with Crippen molar-refractivity contribution in [1.29, 1.82) is 0 Å². The van der Waals surface area contributed by atoms with E-state index < -0.39 is 0 Å². The zero-order valence-corrected chi connectivity index (χ0v) is 15.3. The molecule has 3 nitrogen and oxygen atoms in total. The van der Waals surface area contributed by atoms with Crippen molar-refractivity contribution in [1.82, 2.24) is 4.57 Å². The van der Waals surface area contributed by atoms with Crippen LogP contribution in [0, 0.1) is 13.8 Å². The van der Waals surface area contributed by atoms with Crippen molar-refractivity contribution in [2.24, 2.45) is 0 Å². The van der Waals surface area contributed by atoms with Crippen molar-refractivity contribution < 1.29 is 4.79 Å². The molecule has 0 spiro atoms. The molecule has 0 radical (unpaired) electrons. The van der Waals surface area contributed by atoms with Gasteiger partial charge in [0.25, 0.3) is 5.91 Å². The summed E-state index contributed by atoms with van der Waals surface area (Å²) in [5.74, 6) is -0.0227. The average Bonchev–Trinajstić information content (AvgIpc) is 3.42. The molecule has 2 aromatic carbocycles. The zero-order valence-electron chi connectivity index (χ0n) is 15.3. The minimum absolute atomic E-state index is 0.0227. The number of nitrogens with one attached hydrogen (secondary N) is 1. The van der Waals surface area contributed by atoms with Gasteiger partial charge in [0.05, 0.1) is 5.56 Å². The Bertz CT molecular complexity index is 936. The third-order valence-electron chi connectivity index (χ3n) is 5.14. The van der Waals surface area contributed by atoms with Gasteiger partial charge in [0.15, 0.2) is 0 Å². The number of anilines is 1. The number of amides is 1. The molecular formula is C23H24N2O. The highest BCUT2D eigenvalue weighted by Crippen LogP contribution is 2.38. The maximum atomic E-state index is 12.9. The van der Waals surface area contributed by atoms with Gasteiger partial charge in [0.1, 0.15) is 0 Å². The average molecular weight is 344 g/mol. The minimum Gasteiger partial charge on any atom is -0.345 e. The maximum Gasteiger partial charge on any atom is 0.257 e. The van der Waals surface area contributed by atoms with Crippen LogP contribution in [0.5, 0.6) is 0 Å². The monoisotopic (exact) mass is 344 g/mol. The van der Waals surface area contributed by atoms with Crippen molar-refractivity contribution in [3.05, 3.63) is 88.7 Å². The summed E-state index contributed by atoms with van der Waals surface area (Å²) in [5.41, 5.74) is 6.28. The summed E-state index contributed by atoms with van der Waals surface area (Å²) in [5, 5.41) is 3.14. The van der Waals surface area contributed by atoms with Gasteiger partial charge in [-0.3, -0.25) is 4.79 Å². The van der Waals surface area contributed by atoms with E-state index >= 15 is 0 Å². The molecule has 1 amide bonds. The second-order valence-electron chi connectivity index (χ2n) is 7.16. The molecule has 0 saturated heterocycles. The second-order valence-corrected chi connectivity index (χ2v) is 7.16. The summed E-state index contributed by atoms with van der Waals surface area (Å²) < 4.78 is 2.31. The highest BCUT2D eigenvalue weighted by molar-refractivity contribution is 6.05. The van der Waals surface area contributed by atoms with Gasteiger partial charge in [-0.15, -0.1) is 0 Å². The fourth-order valence-electron chi connectivity index (χ4n) is 3.70. The largest absolute Gasteiger partial charge is 0.345 e. The van der Waals surface area contributed by atoms with Gasteiger partial charge in [-0.25, -0.2) is 0 Å². The van der Waals surface area contributed by atoms with E-state index in [9.17, 15) is 4.79 Å². The molecule has 1 aromatic heterocycles. The van der Waals surface area contributed by atoms with Crippen LogP contribution in [-0.2, 0) is 6.42 Å². The lowest BCUT2D eigenvalue weighted by atomic mass is 10.0. The number of rotatable bonds is 5. The van der Waals surface area contributed by atoms with E-state index in [-0.39, 0.29) is 5.91 Å². The van der Waals surface area contributed by atoms with Gasteiger partial charge in [-0.1, -0.05) is 48.5 Å². The lowest BCUT2D eigenvalue weighted by Crippen LogP contribution is -2.14. The van der Waals surface area contributed by atoms with Crippen molar-refractivity contribution in [2.45, 2.75) is 39.2 Å². The van der Waals surface area contributed by atoms with Gasteiger partial charge >= 0.3 is 0 Å². The highest BCUT2D eigenvalue weighted by atomic mass is 16.1. The topological polar surface area (TPSA) is 34.0 Å². The molecule has 0 aliphatic heterocycles. The lowest BCUT2D eigenvalue weighted by Gasteiger charge is -2.12. The van der Waals surface area contributed by atoms with E-state index in [1.807, 2.05) is 42.5 Å². The normalized spacial score (nSPS) is 13.6. The second kappa shape index (κ2) is 6.83. The number of nitrogens with zero attached hydrogens (tertiary/aromatic N) is 1. The van der Waals surface area contributed by atoms with E-state index in [4.69, 9.17) is 0 Å². The van der Waals surface area contributed by atoms with Crippen LogP contribution in [0.4, 0.5) is 5.69 Å². The number of hydrogen-bond donors (Lipinski definition) is 1. The van der Waals surface area contributed by atoms with E-state index in [2.05, 4.69) is 41.9 Å². The number of carbonyl (C=O) groups excluding carboxylic acids is 1. The number of carbonyl (C=O) groups is 1. The van der Waals surface area contributed by atoms with Crippen LogP contribution >= 0.6 is 0 Å². The Labute approximate surface area is 154 Å². The molecule has 4 rings (SSSR count). The first kappa shape index (κ1) is 16.6. The standard InChI is InChI=1S/C23H24N2O/c1-16-14-21(17(2)25(16)20-12-13-20)23(26)24-22-11-7-6-10-19(22)15-18-8-4-3-5-9-18/h3-11,14,20H,12-13,15H2,1-2H3,(H,24,26). The summed E-state index contributed by atoms with van der Waals surface area (Å²) in [6, 6.07) is 21.0. The molecule has 26 heavy (non-hydrogen) atoms. The van der Waals surface area contributed by atoms with Crippen molar-refractivity contribution >= 4 is 11.6 Å². The predicted octanol–water partition coefficient (Wildman–Crippen LogP) is 5.28. The number of benzene rings is 2.